The minimum Gasteiger partial charge on any atom is -0.467 e. The molecule has 1 amide bonds. The number of hydrogen-bond acceptors (Lipinski definition) is 6. The summed E-state index contributed by atoms with van der Waals surface area (Å²) in [6, 6.07) is 1.22. The molecule has 1 atom stereocenters. The number of methoxy groups -OCH3 is 1. The molecule has 7 heteroatoms. The van der Waals surface area contributed by atoms with Gasteiger partial charge >= 0.3 is 12.1 Å². The molecule has 5 nitrogen and oxygen atoms in total. The van der Waals surface area contributed by atoms with Crippen LogP contribution in [0.5, 0.6) is 0 Å². The molecule has 1 rings (SSSR count). The van der Waals surface area contributed by atoms with Crippen molar-refractivity contribution in [1.82, 2.24) is 5.32 Å². The fourth-order valence-electron chi connectivity index (χ4n) is 1.27. The van der Waals surface area contributed by atoms with Gasteiger partial charge in [-0.1, -0.05) is 0 Å². The van der Waals surface area contributed by atoms with E-state index in [9.17, 15) is 9.59 Å². The van der Waals surface area contributed by atoms with Crippen LogP contribution in [0.4, 0.5) is 4.79 Å². The van der Waals surface area contributed by atoms with E-state index in [1.165, 1.54) is 18.9 Å². The summed E-state index contributed by atoms with van der Waals surface area (Å²) in [5.74, 6) is -0.0959. The molecule has 0 saturated heterocycles. The number of thiophene rings is 1. The van der Waals surface area contributed by atoms with Crippen LogP contribution in [0.15, 0.2) is 21.7 Å². The van der Waals surface area contributed by atoms with Gasteiger partial charge in [-0.3, -0.25) is 0 Å². The number of thioether (sulfide) groups is 1. The molecule has 0 aliphatic rings. The Morgan fingerprint density at radius 2 is 2.15 bits per heavy atom. The van der Waals surface area contributed by atoms with E-state index in [2.05, 4.69) is 5.32 Å². The summed E-state index contributed by atoms with van der Waals surface area (Å²) in [6.07, 6.45) is -0.626. The summed E-state index contributed by atoms with van der Waals surface area (Å²) in [4.78, 5) is 24.4. The molecule has 1 aromatic rings. The lowest BCUT2D eigenvalue weighted by Gasteiger charge is -2.22. The van der Waals surface area contributed by atoms with Crippen LogP contribution in [0.2, 0.25) is 0 Å². The molecular formula is C13H19NO4S2. The van der Waals surface area contributed by atoms with E-state index in [4.69, 9.17) is 9.47 Å². The largest absolute Gasteiger partial charge is 0.467 e. The van der Waals surface area contributed by atoms with Gasteiger partial charge in [0, 0.05) is 16.0 Å². The molecule has 0 aliphatic heterocycles. The van der Waals surface area contributed by atoms with Gasteiger partial charge < -0.3 is 14.8 Å². The minimum absolute atomic E-state index is 0.392. The second-order valence-corrected chi connectivity index (χ2v) is 6.87. The molecule has 1 aromatic heterocycles. The zero-order chi connectivity index (χ0) is 15.2. The monoisotopic (exact) mass is 317 g/mol. The van der Waals surface area contributed by atoms with Gasteiger partial charge in [0.25, 0.3) is 0 Å². The van der Waals surface area contributed by atoms with Crippen LogP contribution < -0.4 is 5.32 Å². The summed E-state index contributed by atoms with van der Waals surface area (Å²) < 4.78 is 9.83. The molecule has 0 radical (unpaired) electrons. The SMILES string of the molecule is COC(=O)[C@H](CSc1ccsc1)NC(=O)OC(C)(C)C. The van der Waals surface area contributed by atoms with E-state index in [0.29, 0.717) is 5.75 Å². The average Bonchev–Trinajstić information content (AvgIpc) is 2.84. The highest BCUT2D eigenvalue weighted by Crippen LogP contribution is 2.21. The van der Waals surface area contributed by atoms with Crippen molar-refractivity contribution in [3.05, 3.63) is 16.8 Å². The number of ether oxygens (including phenoxy) is 2. The quantitative estimate of drug-likeness (QED) is 0.668. The fraction of sp³-hybridized carbons (Fsp3) is 0.538. The third-order valence-corrected chi connectivity index (χ3v) is 4.01. The highest BCUT2D eigenvalue weighted by Gasteiger charge is 2.25. The molecule has 0 aromatic carbocycles. The molecule has 1 heterocycles. The number of nitrogens with one attached hydrogen (secondary N) is 1. The van der Waals surface area contributed by atoms with Crippen molar-refractivity contribution in [3.63, 3.8) is 0 Å². The van der Waals surface area contributed by atoms with Crippen LogP contribution in [0.25, 0.3) is 0 Å². The molecule has 0 spiro atoms. The van der Waals surface area contributed by atoms with Gasteiger partial charge in [0.2, 0.25) is 0 Å². The third-order valence-electron chi connectivity index (χ3n) is 2.09. The van der Waals surface area contributed by atoms with Gasteiger partial charge in [-0.15, -0.1) is 11.8 Å². The Bertz CT molecular complexity index is 440. The maximum atomic E-state index is 11.7. The number of carbonyl (C=O) groups excluding carboxylic acids is 2. The molecule has 0 aliphatic carbocycles. The van der Waals surface area contributed by atoms with Gasteiger partial charge in [0.05, 0.1) is 7.11 Å². The van der Waals surface area contributed by atoms with E-state index < -0.39 is 23.7 Å². The molecule has 1 N–H and O–H groups in total. The van der Waals surface area contributed by atoms with Gasteiger partial charge in [-0.05, 0) is 32.2 Å². The molecule has 0 saturated carbocycles. The van der Waals surface area contributed by atoms with Gasteiger partial charge in [-0.25, -0.2) is 9.59 Å². The Morgan fingerprint density at radius 1 is 1.45 bits per heavy atom. The predicted octanol–water partition coefficient (Wildman–Crippen LogP) is 2.91. The molecular weight excluding hydrogens is 298 g/mol. The second-order valence-electron chi connectivity index (χ2n) is 4.99. The van der Waals surface area contributed by atoms with Crippen LogP contribution in [-0.2, 0) is 14.3 Å². The van der Waals surface area contributed by atoms with Crippen LogP contribution in [0, 0.1) is 0 Å². The topological polar surface area (TPSA) is 64.6 Å². The van der Waals surface area contributed by atoms with Crippen LogP contribution in [0.1, 0.15) is 20.8 Å². The summed E-state index contributed by atoms with van der Waals surface area (Å²) in [6.45, 7) is 5.29. The lowest BCUT2D eigenvalue weighted by atomic mass is 10.2. The van der Waals surface area contributed by atoms with Gasteiger partial charge in [0.15, 0.2) is 0 Å². The Kier molecular flexibility index (Phi) is 6.35. The number of esters is 1. The number of alkyl carbamates (subject to hydrolysis) is 1. The normalized spacial score (nSPS) is 12.6. The first-order valence-corrected chi connectivity index (χ1v) is 7.97. The minimum atomic E-state index is -0.736. The lowest BCUT2D eigenvalue weighted by Crippen LogP contribution is -2.45. The Labute approximate surface area is 127 Å². The number of hydrogen-bond donors (Lipinski definition) is 1. The zero-order valence-electron chi connectivity index (χ0n) is 12.0. The van der Waals surface area contributed by atoms with E-state index in [0.717, 1.165) is 4.90 Å². The summed E-state index contributed by atoms with van der Waals surface area (Å²) in [7, 11) is 1.29. The van der Waals surface area contributed by atoms with Crippen molar-refractivity contribution in [2.24, 2.45) is 0 Å². The maximum absolute atomic E-state index is 11.7. The van der Waals surface area contributed by atoms with Gasteiger partial charge in [-0.2, -0.15) is 11.3 Å². The zero-order valence-corrected chi connectivity index (χ0v) is 13.6. The first kappa shape index (κ1) is 16.8. The standard InChI is InChI=1S/C13H19NO4S2/c1-13(2,3)18-12(16)14-10(11(15)17-4)8-20-9-5-6-19-7-9/h5-7,10H,8H2,1-4H3,(H,14,16)/t10-/m0/s1. The first-order chi connectivity index (χ1) is 9.31. The van der Waals surface area contributed by atoms with Crippen molar-refractivity contribution < 1.29 is 19.1 Å². The Morgan fingerprint density at radius 3 is 2.65 bits per heavy atom. The van der Waals surface area contributed by atoms with Gasteiger partial charge in [0.1, 0.15) is 11.6 Å². The van der Waals surface area contributed by atoms with Crippen molar-refractivity contribution in [1.29, 1.82) is 0 Å². The highest BCUT2D eigenvalue weighted by molar-refractivity contribution is 7.99. The fourth-order valence-corrected chi connectivity index (χ4v) is 3.06. The molecule has 112 valence electrons. The van der Waals surface area contributed by atoms with Crippen molar-refractivity contribution in [2.75, 3.05) is 12.9 Å². The van der Waals surface area contributed by atoms with E-state index in [1.807, 2.05) is 16.8 Å². The van der Waals surface area contributed by atoms with Crippen molar-refractivity contribution in [2.45, 2.75) is 37.3 Å². The maximum Gasteiger partial charge on any atom is 0.408 e. The highest BCUT2D eigenvalue weighted by atomic mass is 32.2. The molecule has 20 heavy (non-hydrogen) atoms. The van der Waals surface area contributed by atoms with E-state index >= 15 is 0 Å². The van der Waals surface area contributed by atoms with E-state index in [1.54, 1.807) is 32.1 Å². The number of carbonyl (C=O) groups is 2. The van der Waals surface area contributed by atoms with Crippen LogP contribution in [0.3, 0.4) is 0 Å². The molecule has 0 unspecified atom stereocenters. The number of rotatable bonds is 5. The summed E-state index contributed by atoms with van der Waals surface area (Å²) in [5.41, 5.74) is -0.606. The smallest absolute Gasteiger partial charge is 0.408 e. The Balaban J connectivity index is 2.56. The predicted molar refractivity (Wildman–Crippen MR) is 80.2 cm³/mol. The molecule has 0 bridgehead atoms. The average molecular weight is 317 g/mol. The van der Waals surface area contributed by atoms with Crippen LogP contribution in [-0.4, -0.2) is 36.6 Å². The second kappa shape index (κ2) is 7.54. The first-order valence-electron chi connectivity index (χ1n) is 6.04. The number of amides is 1. The summed E-state index contributed by atoms with van der Waals surface area (Å²) in [5, 5.41) is 6.47. The van der Waals surface area contributed by atoms with E-state index in [-0.39, 0.29) is 0 Å². The van der Waals surface area contributed by atoms with Crippen molar-refractivity contribution >= 4 is 35.2 Å². The third kappa shape index (κ3) is 6.29. The van der Waals surface area contributed by atoms with Crippen LogP contribution >= 0.6 is 23.1 Å². The van der Waals surface area contributed by atoms with Crippen molar-refractivity contribution in [3.8, 4) is 0 Å². The summed E-state index contributed by atoms with van der Waals surface area (Å²) >= 11 is 3.06. The Hall–Kier alpha value is -1.21. The lowest BCUT2D eigenvalue weighted by molar-refractivity contribution is -0.142. The molecule has 0 fully saturated rings.